The minimum absolute atomic E-state index is 0.00232. The number of carbonyl (C=O) groups excluding carboxylic acids is 2. The molecular weight excluding hydrogens is 564 g/mol. The first-order valence-corrected chi connectivity index (χ1v) is 16.0. The van der Waals surface area contributed by atoms with Crippen molar-refractivity contribution in [2.45, 2.75) is 46.0 Å². The highest BCUT2D eigenvalue weighted by Crippen LogP contribution is 2.25. The summed E-state index contributed by atoms with van der Waals surface area (Å²) in [6.07, 6.45) is 4.71. The molecule has 4 rings (SSSR count). The van der Waals surface area contributed by atoms with Gasteiger partial charge in [-0.2, -0.15) is 0 Å². The molecule has 4 aromatic carbocycles. The third-order valence-electron chi connectivity index (χ3n) is 7.28. The van der Waals surface area contributed by atoms with Crippen LogP contribution >= 0.6 is 0 Å². The average molecular weight is 609 g/mol. The fourth-order valence-electron chi connectivity index (χ4n) is 4.73. The molecule has 45 heavy (non-hydrogen) atoms. The van der Waals surface area contributed by atoms with Gasteiger partial charge in [-0.1, -0.05) is 86.6 Å². The van der Waals surface area contributed by atoms with Crippen molar-refractivity contribution in [3.05, 3.63) is 108 Å². The predicted molar refractivity (Wildman–Crippen MR) is 179 cm³/mol. The average Bonchev–Trinajstić information content (AvgIpc) is 3.08. The summed E-state index contributed by atoms with van der Waals surface area (Å²) in [7, 11) is 0. The Morgan fingerprint density at radius 3 is 1.11 bits per heavy atom. The summed E-state index contributed by atoms with van der Waals surface area (Å²) in [6, 6.07) is 31.4. The molecule has 0 atom stereocenters. The van der Waals surface area contributed by atoms with E-state index in [0.29, 0.717) is 37.6 Å². The number of benzene rings is 4. The lowest BCUT2D eigenvalue weighted by Crippen LogP contribution is -2.09. The highest BCUT2D eigenvalue weighted by atomic mass is 16.5. The van der Waals surface area contributed by atoms with Crippen molar-refractivity contribution in [2.75, 3.05) is 39.6 Å². The van der Waals surface area contributed by atoms with E-state index in [-0.39, 0.29) is 24.8 Å². The quantitative estimate of drug-likeness (QED) is 0.0737. The second-order valence-corrected chi connectivity index (χ2v) is 10.9. The Morgan fingerprint density at radius 2 is 0.778 bits per heavy atom. The van der Waals surface area contributed by atoms with E-state index in [1.54, 1.807) is 0 Å². The standard InChI is InChI=1S/C39H44O6/c1-3-24-42-28-38(40)34-12-8-30(9-13-34)32-16-20-36(21-17-32)44-26-6-5-7-27-45-37-22-18-33(19-23-37)31-10-14-35(15-11-31)39(41)29-43-25-4-2/h8-23H,3-7,24-29H2,1-2H3. The molecular formula is C39H44O6. The monoisotopic (exact) mass is 608 g/mol. The summed E-state index contributed by atoms with van der Waals surface area (Å²) >= 11 is 0. The van der Waals surface area contributed by atoms with Gasteiger partial charge in [0.05, 0.1) is 13.2 Å². The highest BCUT2D eigenvalue weighted by molar-refractivity contribution is 5.98. The lowest BCUT2D eigenvalue weighted by molar-refractivity contribution is 0.0757. The Morgan fingerprint density at radius 1 is 0.444 bits per heavy atom. The lowest BCUT2D eigenvalue weighted by Gasteiger charge is -2.09. The van der Waals surface area contributed by atoms with E-state index in [1.807, 2.05) is 111 Å². The van der Waals surface area contributed by atoms with Crippen molar-refractivity contribution in [3.8, 4) is 33.8 Å². The molecule has 0 N–H and O–H groups in total. The first-order chi connectivity index (χ1) is 22.1. The number of carbonyl (C=O) groups is 2. The van der Waals surface area contributed by atoms with E-state index >= 15 is 0 Å². The van der Waals surface area contributed by atoms with Crippen molar-refractivity contribution in [1.29, 1.82) is 0 Å². The first-order valence-electron chi connectivity index (χ1n) is 16.0. The number of hydrogen-bond donors (Lipinski definition) is 0. The van der Waals surface area contributed by atoms with Crippen LogP contribution in [0.4, 0.5) is 0 Å². The number of ether oxygens (including phenoxy) is 4. The molecule has 0 fully saturated rings. The molecule has 0 saturated heterocycles. The Bertz CT molecular complexity index is 1330. The largest absolute Gasteiger partial charge is 0.494 e. The molecule has 0 spiro atoms. The van der Waals surface area contributed by atoms with Gasteiger partial charge in [-0.3, -0.25) is 9.59 Å². The molecule has 4 aromatic rings. The molecule has 0 aliphatic rings. The van der Waals surface area contributed by atoms with E-state index in [4.69, 9.17) is 18.9 Å². The summed E-state index contributed by atoms with van der Waals surface area (Å²) in [5, 5.41) is 0. The van der Waals surface area contributed by atoms with Gasteiger partial charge in [0, 0.05) is 24.3 Å². The molecule has 0 bridgehead atoms. The van der Waals surface area contributed by atoms with Gasteiger partial charge < -0.3 is 18.9 Å². The van der Waals surface area contributed by atoms with Crippen molar-refractivity contribution in [2.24, 2.45) is 0 Å². The summed E-state index contributed by atoms with van der Waals surface area (Å²) in [5.41, 5.74) is 5.59. The van der Waals surface area contributed by atoms with Crippen molar-refractivity contribution in [1.82, 2.24) is 0 Å². The Labute approximate surface area is 267 Å². The minimum atomic E-state index is 0.00232. The number of rotatable bonds is 20. The number of hydrogen-bond acceptors (Lipinski definition) is 6. The maximum absolute atomic E-state index is 12.2. The van der Waals surface area contributed by atoms with Crippen LogP contribution < -0.4 is 9.47 Å². The minimum Gasteiger partial charge on any atom is -0.494 e. The van der Waals surface area contributed by atoms with Crippen molar-refractivity contribution in [3.63, 3.8) is 0 Å². The van der Waals surface area contributed by atoms with E-state index < -0.39 is 0 Å². The molecule has 236 valence electrons. The normalized spacial score (nSPS) is 10.9. The maximum Gasteiger partial charge on any atom is 0.188 e. The van der Waals surface area contributed by atoms with Crippen LogP contribution in [0.25, 0.3) is 22.3 Å². The van der Waals surface area contributed by atoms with Crippen molar-refractivity contribution >= 4 is 11.6 Å². The van der Waals surface area contributed by atoms with Crippen LogP contribution in [-0.2, 0) is 9.47 Å². The smallest absolute Gasteiger partial charge is 0.188 e. The SMILES string of the molecule is CCCOCC(=O)c1ccc(-c2ccc(OCCCCCOc3ccc(-c4ccc(C(=O)COCCC)cc4)cc3)cc2)cc1. The fourth-order valence-corrected chi connectivity index (χ4v) is 4.73. The molecule has 0 aliphatic carbocycles. The van der Waals surface area contributed by atoms with Crippen molar-refractivity contribution < 1.29 is 28.5 Å². The zero-order valence-corrected chi connectivity index (χ0v) is 26.5. The maximum atomic E-state index is 12.2. The molecule has 6 heteroatoms. The van der Waals surface area contributed by atoms with E-state index in [1.165, 1.54) is 0 Å². The van der Waals surface area contributed by atoms with Crippen LogP contribution in [0.1, 0.15) is 66.7 Å². The Kier molecular flexibility index (Phi) is 13.8. The Hall–Kier alpha value is -4.26. The topological polar surface area (TPSA) is 71.1 Å². The van der Waals surface area contributed by atoms with E-state index in [0.717, 1.165) is 65.9 Å². The first kappa shape index (κ1) is 33.6. The number of Topliss-reactive ketones (excluding diaryl/α,β-unsaturated/α-hetero) is 2. The van der Waals surface area contributed by atoms with Gasteiger partial charge in [-0.25, -0.2) is 0 Å². The molecule has 0 heterocycles. The second kappa shape index (κ2) is 18.5. The van der Waals surface area contributed by atoms with E-state index in [2.05, 4.69) is 0 Å². The third kappa shape index (κ3) is 11.0. The van der Waals surface area contributed by atoms with Gasteiger partial charge in [-0.05, 0) is 78.6 Å². The Balaban J connectivity index is 1.11. The summed E-state index contributed by atoms with van der Waals surface area (Å²) in [4.78, 5) is 24.4. The zero-order valence-electron chi connectivity index (χ0n) is 26.5. The predicted octanol–water partition coefficient (Wildman–Crippen LogP) is 8.87. The fraction of sp³-hybridized carbons (Fsp3) is 0.333. The second-order valence-electron chi connectivity index (χ2n) is 10.9. The summed E-state index contributed by atoms with van der Waals surface area (Å²) in [5.74, 6) is 1.69. The van der Waals surface area contributed by atoms with Crippen LogP contribution in [0.2, 0.25) is 0 Å². The molecule has 0 amide bonds. The third-order valence-corrected chi connectivity index (χ3v) is 7.28. The van der Waals surface area contributed by atoms with Crippen LogP contribution in [0.15, 0.2) is 97.1 Å². The van der Waals surface area contributed by atoms with Crippen LogP contribution in [0, 0.1) is 0 Å². The molecule has 0 unspecified atom stereocenters. The molecule has 0 saturated carbocycles. The van der Waals surface area contributed by atoms with Gasteiger partial charge in [0.1, 0.15) is 24.7 Å². The number of unbranched alkanes of at least 4 members (excludes halogenated alkanes) is 2. The summed E-state index contributed by atoms with van der Waals surface area (Å²) in [6.45, 7) is 6.80. The van der Waals surface area contributed by atoms with Crippen LogP contribution in [0.5, 0.6) is 11.5 Å². The highest BCUT2D eigenvalue weighted by Gasteiger charge is 2.08. The van der Waals surface area contributed by atoms with E-state index in [9.17, 15) is 9.59 Å². The molecule has 0 radical (unpaired) electrons. The van der Waals surface area contributed by atoms with Crippen LogP contribution in [0.3, 0.4) is 0 Å². The van der Waals surface area contributed by atoms with Gasteiger partial charge in [0.25, 0.3) is 0 Å². The van der Waals surface area contributed by atoms with Gasteiger partial charge in [0.2, 0.25) is 0 Å². The van der Waals surface area contributed by atoms with Gasteiger partial charge in [0.15, 0.2) is 11.6 Å². The molecule has 0 aliphatic heterocycles. The van der Waals surface area contributed by atoms with Gasteiger partial charge in [-0.15, -0.1) is 0 Å². The summed E-state index contributed by atoms with van der Waals surface area (Å²) < 4.78 is 22.6. The zero-order chi connectivity index (χ0) is 31.7. The molecule has 0 aromatic heterocycles. The molecule has 6 nitrogen and oxygen atoms in total. The lowest BCUT2D eigenvalue weighted by atomic mass is 10.0. The van der Waals surface area contributed by atoms with Gasteiger partial charge >= 0.3 is 0 Å². The number of ketones is 2. The van der Waals surface area contributed by atoms with Crippen LogP contribution in [-0.4, -0.2) is 51.2 Å².